The SMILES string of the molecule is O=C(Nc1ccc([N+](=O)[O-])c(Cl)c1)c1cc(Cl)c(F)cc1O. The molecule has 2 aromatic rings. The number of nitro groups is 1. The maximum Gasteiger partial charge on any atom is 0.288 e. The van der Waals surface area contributed by atoms with Crippen LogP contribution in [0.25, 0.3) is 0 Å². The summed E-state index contributed by atoms with van der Waals surface area (Å²) in [6.07, 6.45) is 0. The maximum atomic E-state index is 13.1. The number of rotatable bonds is 3. The van der Waals surface area contributed by atoms with Crippen LogP contribution in [0.15, 0.2) is 30.3 Å². The minimum atomic E-state index is -0.867. The molecule has 6 nitrogen and oxygen atoms in total. The highest BCUT2D eigenvalue weighted by atomic mass is 35.5. The highest BCUT2D eigenvalue weighted by Gasteiger charge is 2.17. The van der Waals surface area contributed by atoms with Crippen LogP contribution in [0.1, 0.15) is 10.4 Å². The van der Waals surface area contributed by atoms with Crippen LogP contribution < -0.4 is 5.32 Å². The van der Waals surface area contributed by atoms with Crippen molar-refractivity contribution in [1.82, 2.24) is 0 Å². The zero-order valence-corrected chi connectivity index (χ0v) is 12.2. The van der Waals surface area contributed by atoms with Crippen LogP contribution >= 0.6 is 23.2 Å². The lowest BCUT2D eigenvalue weighted by Gasteiger charge is -2.08. The van der Waals surface area contributed by atoms with Crippen LogP contribution in [0, 0.1) is 15.9 Å². The summed E-state index contributed by atoms with van der Waals surface area (Å²) >= 11 is 11.3. The van der Waals surface area contributed by atoms with Gasteiger partial charge in [0.1, 0.15) is 16.6 Å². The number of anilines is 1. The molecular weight excluding hydrogens is 338 g/mol. The summed E-state index contributed by atoms with van der Waals surface area (Å²) in [4.78, 5) is 22.0. The average molecular weight is 345 g/mol. The number of carbonyl (C=O) groups excluding carboxylic acids is 1. The molecule has 2 rings (SSSR count). The molecule has 0 saturated heterocycles. The molecule has 0 radical (unpaired) electrons. The van der Waals surface area contributed by atoms with Gasteiger partial charge in [0.25, 0.3) is 11.6 Å². The van der Waals surface area contributed by atoms with Gasteiger partial charge in [-0.3, -0.25) is 14.9 Å². The van der Waals surface area contributed by atoms with Gasteiger partial charge >= 0.3 is 0 Å². The number of nitro benzene ring substituents is 1. The Labute approximate surface area is 133 Å². The molecule has 1 amide bonds. The highest BCUT2D eigenvalue weighted by molar-refractivity contribution is 6.33. The molecule has 0 aliphatic heterocycles. The van der Waals surface area contributed by atoms with Gasteiger partial charge < -0.3 is 10.4 Å². The van der Waals surface area contributed by atoms with Crippen LogP contribution in [-0.2, 0) is 0 Å². The number of benzene rings is 2. The van der Waals surface area contributed by atoms with Crippen molar-refractivity contribution in [1.29, 1.82) is 0 Å². The number of nitrogens with one attached hydrogen (secondary N) is 1. The summed E-state index contributed by atoms with van der Waals surface area (Å²) in [6.45, 7) is 0. The summed E-state index contributed by atoms with van der Waals surface area (Å²) in [5, 5.41) is 22.1. The Kier molecular flexibility index (Phi) is 4.48. The number of nitrogens with zero attached hydrogens (tertiary/aromatic N) is 1. The van der Waals surface area contributed by atoms with Crippen LogP contribution in [-0.4, -0.2) is 15.9 Å². The monoisotopic (exact) mass is 344 g/mol. The molecule has 0 bridgehead atoms. The molecule has 0 fully saturated rings. The summed E-state index contributed by atoms with van der Waals surface area (Å²) in [7, 11) is 0. The van der Waals surface area contributed by atoms with E-state index in [1.54, 1.807) is 0 Å². The Morgan fingerprint density at radius 1 is 1.23 bits per heavy atom. The third-order valence-electron chi connectivity index (χ3n) is 2.69. The predicted molar refractivity (Wildman–Crippen MR) is 79.1 cm³/mol. The number of amides is 1. The fourth-order valence-corrected chi connectivity index (χ4v) is 2.06. The third kappa shape index (κ3) is 3.26. The van der Waals surface area contributed by atoms with E-state index in [1.165, 1.54) is 12.1 Å². The van der Waals surface area contributed by atoms with Gasteiger partial charge in [-0.05, 0) is 18.2 Å². The molecule has 0 saturated carbocycles. The van der Waals surface area contributed by atoms with Gasteiger partial charge in [0.05, 0.1) is 15.5 Å². The quantitative estimate of drug-likeness (QED) is 0.650. The van der Waals surface area contributed by atoms with E-state index in [0.29, 0.717) is 6.07 Å². The Morgan fingerprint density at radius 3 is 2.50 bits per heavy atom. The fourth-order valence-electron chi connectivity index (χ4n) is 1.65. The molecule has 0 atom stereocenters. The number of aromatic hydroxyl groups is 1. The Hall–Kier alpha value is -2.38. The van der Waals surface area contributed by atoms with Gasteiger partial charge in [-0.1, -0.05) is 23.2 Å². The minimum Gasteiger partial charge on any atom is -0.507 e. The highest BCUT2D eigenvalue weighted by Crippen LogP contribution is 2.29. The van der Waals surface area contributed by atoms with Crippen LogP contribution in [0.5, 0.6) is 5.75 Å². The molecule has 0 spiro atoms. The molecule has 0 aromatic heterocycles. The number of phenols is 1. The third-order valence-corrected chi connectivity index (χ3v) is 3.28. The smallest absolute Gasteiger partial charge is 0.288 e. The van der Waals surface area contributed by atoms with Crippen molar-refractivity contribution in [3.63, 3.8) is 0 Å². The largest absolute Gasteiger partial charge is 0.507 e. The van der Waals surface area contributed by atoms with E-state index in [4.69, 9.17) is 23.2 Å². The lowest BCUT2D eigenvalue weighted by Crippen LogP contribution is -2.12. The van der Waals surface area contributed by atoms with E-state index < -0.39 is 22.4 Å². The molecule has 114 valence electrons. The van der Waals surface area contributed by atoms with Crippen molar-refractivity contribution in [3.8, 4) is 5.75 Å². The second kappa shape index (κ2) is 6.17. The van der Waals surface area contributed by atoms with Gasteiger partial charge in [-0.15, -0.1) is 0 Å². The molecule has 9 heteroatoms. The summed E-state index contributed by atoms with van der Waals surface area (Å²) < 4.78 is 13.1. The minimum absolute atomic E-state index is 0.163. The maximum absolute atomic E-state index is 13.1. The second-order valence-corrected chi connectivity index (χ2v) is 4.98. The Morgan fingerprint density at radius 2 is 1.91 bits per heavy atom. The number of hydrogen-bond donors (Lipinski definition) is 2. The second-order valence-electron chi connectivity index (χ2n) is 4.16. The van der Waals surface area contributed by atoms with Crippen molar-refractivity contribution in [2.75, 3.05) is 5.32 Å². The topological polar surface area (TPSA) is 92.5 Å². The van der Waals surface area contributed by atoms with Crippen molar-refractivity contribution in [3.05, 3.63) is 61.9 Å². The Balaban J connectivity index is 2.28. The van der Waals surface area contributed by atoms with E-state index in [-0.39, 0.29) is 27.0 Å². The molecule has 0 heterocycles. The number of hydrogen-bond acceptors (Lipinski definition) is 4. The molecule has 0 unspecified atom stereocenters. The predicted octanol–water partition coefficient (Wildman–Crippen LogP) is 4.00. The van der Waals surface area contributed by atoms with Gasteiger partial charge in [0, 0.05) is 17.8 Å². The number of phenolic OH excluding ortho intramolecular Hbond substituents is 1. The van der Waals surface area contributed by atoms with E-state index in [0.717, 1.165) is 12.1 Å². The van der Waals surface area contributed by atoms with Crippen LogP contribution in [0.2, 0.25) is 10.0 Å². The van der Waals surface area contributed by atoms with Gasteiger partial charge in [0.15, 0.2) is 0 Å². The molecular formula is C13H7Cl2FN2O4. The standard InChI is InChI=1S/C13H7Cl2FN2O4/c14-8-4-7(12(19)5-10(8)16)13(20)17-6-1-2-11(18(21)22)9(15)3-6/h1-5,19H,(H,17,20). The van der Waals surface area contributed by atoms with Crippen molar-refractivity contribution < 1.29 is 19.2 Å². The summed E-state index contributed by atoms with van der Waals surface area (Å²) in [5.74, 6) is -2.23. The van der Waals surface area contributed by atoms with E-state index in [1.807, 2.05) is 0 Å². The molecule has 2 aromatic carbocycles. The van der Waals surface area contributed by atoms with E-state index in [2.05, 4.69) is 5.32 Å². The Bertz CT molecular complexity index is 783. The first-order valence-electron chi connectivity index (χ1n) is 5.73. The van der Waals surface area contributed by atoms with Crippen molar-refractivity contribution in [2.45, 2.75) is 0 Å². The van der Waals surface area contributed by atoms with Crippen LogP contribution in [0.3, 0.4) is 0 Å². The zero-order valence-electron chi connectivity index (χ0n) is 10.6. The van der Waals surface area contributed by atoms with Crippen molar-refractivity contribution >= 4 is 40.5 Å². The first-order chi connectivity index (χ1) is 10.3. The first kappa shape index (κ1) is 16.0. The molecule has 0 aliphatic rings. The van der Waals surface area contributed by atoms with Crippen molar-refractivity contribution in [2.24, 2.45) is 0 Å². The van der Waals surface area contributed by atoms with Crippen LogP contribution in [0.4, 0.5) is 15.8 Å². The van der Waals surface area contributed by atoms with E-state index >= 15 is 0 Å². The zero-order chi connectivity index (χ0) is 16.4. The number of carbonyl (C=O) groups is 1. The fraction of sp³-hybridized carbons (Fsp3) is 0. The first-order valence-corrected chi connectivity index (χ1v) is 6.48. The number of halogens is 3. The lowest BCUT2D eigenvalue weighted by atomic mass is 10.1. The molecule has 0 aliphatic carbocycles. The average Bonchev–Trinajstić information content (AvgIpc) is 2.42. The van der Waals surface area contributed by atoms with Gasteiger partial charge in [0.2, 0.25) is 0 Å². The van der Waals surface area contributed by atoms with E-state index in [9.17, 15) is 24.4 Å². The summed E-state index contributed by atoms with van der Waals surface area (Å²) in [6, 6.07) is 5.24. The molecule has 2 N–H and O–H groups in total. The lowest BCUT2D eigenvalue weighted by molar-refractivity contribution is -0.384. The van der Waals surface area contributed by atoms with Gasteiger partial charge in [-0.2, -0.15) is 0 Å². The van der Waals surface area contributed by atoms with Gasteiger partial charge in [-0.25, -0.2) is 4.39 Å². The molecule has 22 heavy (non-hydrogen) atoms. The normalized spacial score (nSPS) is 10.3. The summed E-state index contributed by atoms with van der Waals surface area (Å²) in [5.41, 5.74) is -0.395.